The Morgan fingerprint density at radius 1 is 1.78 bits per heavy atom. The van der Waals surface area contributed by atoms with Crippen molar-refractivity contribution in [1.82, 2.24) is 0 Å². The van der Waals surface area contributed by atoms with Gasteiger partial charge in [-0.15, -0.1) is 0 Å². The van der Waals surface area contributed by atoms with Crippen LogP contribution in [0.4, 0.5) is 0 Å². The van der Waals surface area contributed by atoms with E-state index in [0.717, 1.165) is 0 Å². The summed E-state index contributed by atoms with van der Waals surface area (Å²) in [6.07, 6.45) is 3.31. The first-order valence-electron chi connectivity index (χ1n) is 3.29. The minimum atomic E-state index is 0.715. The van der Waals surface area contributed by atoms with Crippen LogP contribution in [-0.2, 0) is 0 Å². The Kier molecular flexibility index (Phi) is 2.22. The molecule has 0 spiro atoms. The van der Waals surface area contributed by atoms with Crippen LogP contribution in [0.2, 0.25) is 0 Å². The largest absolute Gasteiger partial charge is 0.185 e. The van der Waals surface area contributed by atoms with Crippen LogP contribution in [0.15, 0.2) is 11.6 Å². The van der Waals surface area contributed by atoms with Crippen LogP contribution in [0.25, 0.3) is 0 Å². The van der Waals surface area contributed by atoms with Crippen molar-refractivity contribution >= 4 is 11.5 Å². The summed E-state index contributed by atoms with van der Waals surface area (Å²) in [5.41, 5.74) is 1.43. The fourth-order valence-corrected chi connectivity index (χ4v) is 1.44. The van der Waals surface area contributed by atoms with Gasteiger partial charge in [0.05, 0.1) is 5.38 Å². The first-order valence-corrected chi connectivity index (χ1v) is 4.17. The molecule has 1 unspecified atom stereocenters. The number of H-pyrrole nitrogens is 1. The number of rotatable bonds is 2. The first kappa shape index (κ1) is 6.75. The van der Waals surface area contributed by atoms with Crippen molar-refractivity contribution in [3.63, 3.8) is 0 Å². The summed E-state index contributed by atoms with van der Waals surface area (Å²) >= 11 is 1.66. The molecule has 1 rings (SSSR count). The van der Waals surface area contributed by atoms with Crippen LogP contribution in [0.5, 0.6) is 0 Å². The molecule has 0 aliphatic rings. The van der Waals surface area contributed by atoms with Gasteiger partial charge in [-0.2, -0.15) is 4.37 Å². The van der Waals surface area contributed by atoms with Gasteiger partial charge in [-0.25, -0.2) is 0 Å². The minimum absolute atomic E-state index is 0.715. The Balaban J connectivity index is 2.65. The molecule has 1 atom stereocenters. The highest BCUT2D eigenvalue weighted by atomic mass is 32.1. The Hall–Kier alpha value is -0.370. The lowest BCUT2D eigenvalue weighted by Gasteiger charge is -1.99. The molecule has 0 aliphatic heterocycles. The zero-order valence-corrected chi connectivity index (χ0v) is 6.66. The van der Waals surface area contributed by atoms with E-state index in [-0.39, 0.29) is 0 Å². The molecule has 0 radical (unpaired) electrons. The molecule has 0 aromatic carbocycles. The normalized spacial score (nSPS) is 13.6. The van der Waals surface area contributed by atoms with Gasteiger partial charge >= 0.3 is 0 Å². The van der Waals surface area contributed by atoms with E-state index in [9.17, 15) is 0 Å². The van der Waals surface area contributed by atoms with Crippen molar-refractivity contribution in [2.75, 3.05) is 0 Å². The molecular formula is C7H12NS+. The van der Waals surface area contributed by atoms with Gasteiger partial charge in [-0.3, -0.25) is 0 Å². The second-order valence-corrected chi connectivity index (χ2v) is 3.01. The second kappa shape index (κ2) is 2.97. The highest BCUT2D eigenvalue weighted by molar-refractivity contribution is 6.99. The van der Waals surface area contributed by atoms with Gasteiger partial charge < -0.3 is 0 Å². The third-order valence-electron chi connectivity index (χ3n) is 1.67. The molecule has 1 aromatic heterocycles. The molecule has 9 heavy (non-hydrogen) atoms. The van der Waals surface area contributed by atoms with E-state index < -0.39 is 0 Å². The molecule has 0 amide bonds. The average molecular weight is 142 g/mol. The summed E-state index contributed by atoms with van der Waals surface area (Å²) in [7, 11) is 0. The van der Waals surface area contributed by atoms with Crippen molar-refractivity contribution in [3.8, 4) is 0 Å². The Bertz CT molecular complexity index is 157. The quantitative estimate of drug-likeness (QED) is 0.600. The van der Waals surface area contributed by atoms with Gasteiger partial charge in [0.25, 0.3) is 0 Å². The lowest BCUT2D eigenvalue weighted by molar-refractivity contribution is -0.290. The molecule has 1 aromatic rings. The third kappa shape index (κ3) is 1.52. The van der Waals surface area contributed by atoms with Crippen LogP contribution >= 0.6 is 11.5 Å². The predicted octanol–water partition coefficient (Wildman–Crippen LogP) is 2.08. The molecule has 1 N–H and O–H groups in total. The third-order valence-corrected chi connectivity index (χ3v) is 2.31. The molecule has 1 heterocycles. The SMILES string of the molecule is CCC(C)c1c[nH+]sc1. The topological polar surface area (TPSA) is 14.1 Å². The zero-order chi connectivity index (χ0) is 6.69. The van der Waals surface area contributed by atoms with Crippen LogP contribution in [0, 0.1) is 0 Å². The van der Waals surface area contributed by atoms with Gasteiger partial charge in [-0.05, 0) is 12.3 Å². The van der Waals surface area contributed by atoms with Gasteiger partial charge in [0.1, 0.15) is 11.5 Å². The van der Waals surface area contributed by atoms with Crippen LogP contribution in [0.1, 0.15) is 31.7 Å². The maximum Gasteiger partial charge on any atom is 0.185 e. The molecule has 0 saturated heterocycles. The number of aromatic nitrogens is 1. The van der Waals surface area contributed by atoms with Crippen LogP contribution < -0.4 is 4.37 Å². The van der Waals surface area contributed by atoms with Crippen molar-refractivity contribution < 1.29 is 4.37 Å². The molecule has 0 saturated carbocycles. The Morgan fingerprint density at radius 2 is 2.56 bits per heavy atom. The summed E-state index contributed by atoms with van der Waals surface area (Å²) in [5, 5.41) is 2.17. The Morgan fingerprint density at radius 3 is 3.00 bits per heavy atom. The number of aromatic amines is 1. The van der Waals surface area contributed by atoms with Crippen molar-refractivity contribution in [2.24, 2.45) is 0 Å². The Labute approximate surface area is 59.9 Å². The van der Waals surface area contributed by atoms with Crippen molar-refractivity contribution in [2.45, 2.75) is 26.2 Å². The summed E-state index contributed by atoms with van der Waals surface area (Å²) < 4.78 is 3.09. The average Bonchev–Trinajstić information content (AvgIpc) is 2.37. The maximum absolute atomic E-state index is 3.09. The minimum Gasteiger partial charge on any atom is -0.155 e. The molecule has 0 aliphatic carbocycles. The van der Waals surface area contributed by atoms with Crippen LogP contribution in [-0.4, -0.2) is 0 Å². The predicted molar refractivity (Wildman–Crippen MR) is 39.6 cm³/mol. The fraction of sp³-hybridized carbons (Fsp3) is 0.571. The second-order valence-electron chi connectivity index (χ2n) is 2.31. The van der Waals surface area contributed by atoms with Gasteiger partial charge in [0.2, 0.25) is 0 Å². The van der Waals surface area contributed by atoms with Gasteiger partial charge in [-0.1, -0.05) is 13.8 Å². The summed E-state index contributed by atoms with van der Waals surface area (Å²) in [6.45, 7) is 4.46. The van der Waals surface area contributed by atoms with Gasteiger partial charge in [0, 0.05) is 5.56 Å². The van der Waals surface area contributed by atoms with Crippen molar-refractivity contribution in [1.29, 1.82) is 0 Å². The van der Waals surface area contributed by atoms with E-state index in [4.69, 9.17) is 0 Å². The first-order chi connectivity index (χ1) is 4.34. The van der Waals surface area contributed by atoms with E-state index >= 15 is 0 Å². The zero-order valence-electron chi connectivity index (χ0n) is 5.85. The number of hydrogen-bond donors (Lipinski definition) is 0. The lowest BCUT2D eigenvalue weighted by atomic mass is 10.0. The summed E-state index contributed by atoms with van der Waals surface area (Å²) in [5.74, 6) is 0.715. The molecule has 50 valence electrons. The molecule has 2 heteroatoms. The van der Waals surface area contributed by atoms with E-state index in [1.807, 2.05) is 0 Å². The summed E-state index contributed by atoms with van der Waals surface area (Å²) in [6, 6.07) is 0. The highest BCUT2D eigenvalue weighted by Gasteiger charge is 2.05. The highest BCUT2D eigenvalue weighted by Crippen LogP contribution is 2.16. The van der Waals surface area contributed by atoms with E-state index in [1.165, 1.54) is 12.0 Å². The number of hydrogen-bond acceptors (Lipinski definition) is 1. The number of nitrogens with one attached hydrogen (secondary N) is 1. The summed E-state index contributed by atoms with van der Waals surface area (Å²) in [4.78, 5) is 0. The smallest absolute Gasteiger partial charge is 0.155 e. The lowest BCUT2D eigenvalue weighted by Crippen LogP contribution is -1.91. The van der Waals surface area contributed by atoms with Crippen LogP contribution in [0.3, 0.4) is 0 Å². The fourth-order valence-electron chi connectivity index (χ4n) is 0.732. The van der Waals surface area contributed by atoms with Crippen molar-refractivity contribution in [3.05, 3.63) is 17.1 Å². The molecular weight excluding hydrogens is 130 g/mol. The van der Waals surface area contributed by atoms with Gasteiger partial charge in [0.15, 0.2) is 6.20 Å². The molecule has 1 nitrogen and oxygen atoms in total. The maximum atomic E-state index is 3.09. The molecule has 0 bridgehead atoms. The van der Waals surface area contributed by atoms with E-state index in [0.29, 0.717) is 5.92 Å². The van der Waals surface area contributed by atoms with E-state index in [1.54, 1.807) is 11.5 Å². The van der Waals surface area contributed by atoms with E-state index in [2.05, 4.69) is 29.8 Å². The monoisotopic (exact) mass is 142 g/mol. The molecule has 0 fully saturated rings. The standard InChI is InChI=1S/C7H11NS/c1-3-6(2)7-4-8-9-5-7/h4-6H,3H2,1-2H3/p+1.